The van der Waals surface area contributed by atoms with Crippen LogP contribution < -0.4 is 5.32 Å². The predicted molar refractivity (Wildman–Crippen MR) is 145 cm³/mol. The molecule has 34 heavy (non-hydrogen) atoms. The van der Waals surface area contributed by atoms with E-state index in [1.165, 1.54) is 5.56 Å². The van der Waals surface area contributed by atoms with Gasteiger partial charge in [-0.2, -0.15) is 5.10 Å². The fourth-order valence-corrected chi connectivity index (χ4v) is 4.18. The molecule has 0 aliphatic rings. The number of aromatic nitrogens is 2. The summed E-state index contributed by atoms with van der Waals surface area (Å²) in [7, 11) is 1.95. The van der Waals surface area contributed by atoms with Crippen molar-refractivity contribution in [2.75, 3.05) is 25.5 Å². The lowest BCUT2D eigenvalue weighted by atomic mass is 10.0. The number of rotatable bonds is 14. The Bertz CT molecular complexity index is 973. The van der Waals surface area contributed by atoms with Gasteiger partial charge in [-0.25, -0.2) is 4.68 Å². The Kier molecular flexibility index (Phi) is 11.1. The lowest BCUT2D eigenvalue weighted by Crippen LogP contribution is -2.33. The van der Waals surface area contributed by atoms with Crippen molar-refractivity contribution in [2.45, 2.75) is 73.1 Å². The van der Waals surface area contributed by atoms with Crippen LogP contribution in [-0.2, 0) is 12.8 Å². The Balaban J connectivity index is 2.50. The van der Waals surface area contributed by atoms with E-state index < -0.39 is 0 Å². The minimum absolute atomic E-state index is 0.0268. The topological polar surface area (TPSA) is 50.2 Å². The standard InChI is InChI=1S/C29H44N4O/c1-8-13-25-21-27(29(34)32(18-10-3)19-17-22(6)11-4)31-33(25)28(14-9-2)24-15-16-26(30-7)23(12-5)20-24/h9,14-16,20-22,30H,2,8,10-13,17-19H2,1,3-7H3/b28-14-. The van der Waals surface area contributed by atoms with Gasteiger partial charge in [-0.05, 0) is 61.4 Å². The van der Waals surface area contributed by atoms with Gasteiger partial charge in [-0.15, -0.1) is 0 Å². The molecule has 0 aliphatic heterocycles. The lowest BCUT2D eigenvalue weighted by Gasteiger charge is -2.22. The number of carbonyl (C=O) groups is 1. The zero-order valence-electron chi connectivity index (χ0n) is 22.2. The van der Waals surface area contributed by atoms with Crippen LogP contribution in [-0.4, -0.2) is 40.7 Å². The molecule has 5 heteroatoms. The second-order valence-corrected chi connectivity index (χ2v) is 9.04. The molecule has 1 unspecified atom stereocenters. The van der Waals surface area contributed by atoms with E-state index in [2.05, 4.69) is 64.7 Å². The van der Waals surface area contributed by atoms with Crippen molar-refractivity contribution >= 4 is 17.3 Å². The maximum atomic E-state index is 13.5. The van der Waals surface area contributed by atoms with Crippen molar-refractivity contribution in [2.24, 2.45) is 5.92 Å². The molecule has 1 aromatic carbocycles. The first-order chi connectivity index (χ1) is 16.4. The van der Waals surface area contributed by atoms with Gasteiger partial charge in [0.25, 0.3) is 5.91 Å². The SMILES string of the molecule is C=C/C=C(/c1ccc(NC)c(CC)c1)n1nc(C(=O)N(CCC)CCC(C)CC)cc1CCC. The summed E-state index contributed by atoms with van der Waals surface area (Å²) in [5.41, 5.74) is 5.96. The molecule has 1 atom stereocenters. The summed E-state index contributed by atoms with van der Waals surface area (Å²) < 4.78 is 1.95. The molecule has 186 valence electrons. The average molecular weight is 465 g/mol. The maximum absolute atomic E-state index is 13.5. The molecule has 0 radical (unpaired) electrons. The summed E-state index contributed by atoms with van der Waals surface area (Å²) in [5, 5.41) is 8.14. The van der Waals surface area contributed by atoms with Crippen LogP contribution in [0.5, 0.6) is 0 Å². The van der Waals surface area contributed by atoms with Gasteiger partial charge in [0.15, 0.2) is 5.69 Å². The quantitative estimate of drug-likeness (QED) is 0.313. The fourth-order valence-electron chi connectivity index (χ4n) is 4.18. The molecule has 0 fully saturated rings. The Morgan fingerprint density at radius 3 is 2.53 bits per heavy atom. The van der Waals surface area contributed by atoms with Gasteiger partial charge >= 0.3 is 0 Å². The minimum Gasteiger partial charge on any atom is -0.388 e. The zero-order chi connectivity index (χ0) is 25.1. The molecule has 1 amide bonds. The number of aryl methyl sites for hydroxylation is 2. The first-order valence-electron chi connectivity index (χ1n) is 13.0. The number of anilines is 1. The lowest BCUT2D eigenvalue weighted by molar-refractivity contribution is 0.0740. The molecular formula is C29H44N4O. The molecule has 2 rings (SSSR count). The molecule has 0 saturated carbocycles. The number of amides is 1. The van der Waals surface area contributed by atoms with E-state index in [1.54, 1.807) is 6.08 Å². The van der Waals surface area contributed by atoms with Crippen LogP contribution >= 0.6 is 0 Å². The number of hydrogen-bond acceptors (Lipinski definition) is 3. The number of benzene rings is 1. The van der Waals surface area contributed by atoms with Crippen LogP contribution in [0, 0.1) is 5.92 Å². The third-order valence-electron chi connectivity index (χ3n) is 6.43. The van der Waals surface area contributed by atoms with Crippen LogP contribution in [0.4, 0.5) is 5.69 Å². The predicted octanol–water partition coefficient (Wildman–Crippen LogP) is 6.80. The second-order valence-electron chi connectivity index (χ2n) is 9.04. The number of nitrogens with one attached hydrogen (secondary N) is 1. The van der Waals surface area contributed by atoms with Crippen LogP contribution in [0.1, 0.15) is 87.6 Å². The Morgan fingerprint density at radius 1 is 1.18 bits per heavy atom. The molecule has 0 spiro atoms. The van der Waals surface area contributed by atoms with E-state index in [4.69, 9.17) is 5.10 Å². The van der Waals surface area contributed by atoms with E-state index >= 15 is 0 Å². The molecule has 5 nitrogen and oxygen atoms in total. The molecule has 2 aromatic rings. The van der Waals surface area contributed by atoms with Crippen LogP contribution in [0.2, 0.25) is 0 Å². The first kappa shape index (κ1) is 27.4. The van der Waals surface area contributed by atoms with E-state index in [0.717, 1.165) is 74.3 Å². The monoisotopic (exact) mass is 464 g/mol. The summed E-state index contributed by atoms with van der Waals surface area (Å²) in [6.45, 7) is 16.4. The smallest absolute Gasteiger partial charge is 0.274 e. The van der Waals surface area contributed by atoms with Crippen molar-refractivity contribution in [3.05, 3.63) is 65.5 Å². The molecule has 0 bridgehead atoms. The number of carbonyl (C=O) groups excluding carboxylic acids is 1. The van der Waals surface area contributed by atoms with Crippen LogP contribution in [0.15, 0.2) is 43.0 Å². The van der Waals surface area contributed by atoms with Crippen molar-refractivity contribution in [1.29, 1.82) is 0 Å². The van der Waals surface area contributed by atoms with Gasteiger partial charge in [0, 0.05) is 37.1 Å². The summed E-state index contributed by atoms with van der Waals surface area (Å²) in [6, 6.07) is 8.40. The molecule has 1 heterocycles. The van der Waals surface area contributed by atoms with Crippen molar-refractivity contribution in [3.8, 4) is 0 Å². The van der Waals surface area contributed by atoms with Crippen LogP contribution in [0.25, 0.3) is 5.70 Å². The van der Waals surface area contributed by atoms with Gasteiger partial charge in [0.1, 0.15) is 0 Å². The summed E-state index contributed by atoms with van der Waals surface area (Å²) in [5.74, 6) is 0.634. The van der Waals surface area contributed by atoms with Gasteiger partial charge < -0.3 is 10.2 Å². The Hall–Kier alpha value is -2.82. The summed E-state index contributed by atoms with van der Waals surface area (Å²) in [6.07, 6.45) is 9.63. The van der Waals surface area contributed by atoms with Gasteiger partial charge in [-0.3, -0.25) is 4.79 Å². The second kappa shape index (κ2) is 13.8. The largest absolute Gasteiger partial charge is 0.388 e. The zero-order valence-corrected chi connectivity index (χ0v) is 22.2. The maximum Gasteiger partial charge on any atom is 0.274 e. The van der Waals surface area contributed by atoms with E-state index in [1.807, 2.05) is 28.8 Å². The van der Waals surface area contributed by atoms with Gasteiger partial charge in [0.2, 0.25) is 0 Å². The Morgan fingerprint density at radius 2 is 1.94 bits per heavy atom. The normalized spacial score (nSPS) is 12.5. The first-order valence-corrected chi connectivity index (χ1v) is 13.0. The number of nitrogens with zero attached hydrogens (tertiary/aromatic N) is 3. The molecule has 0 aliphatic carbocycles. The third-order valence-corrected chi connectivity index (χ3v) is 6.43. The highest BCUT2D eigenvalue weighted by Gasteiger charge is 2.22. The highest BCUT2D eigenvalue weighted by molar-refractivity contribution is 5.92. The summed E-state index contributed by atoms with van der Waals surface area (Å²) in [4.78, 5) is 15.5. The van der Waals surface area contributed by atoms with E-state index in [0.29, 0.717) is 11.6 Å². The third kappa shape index (κ3) is 6.85. The van der Waals surface area contributed by atoms with Crippen molar-refractivity contribution < 1.29 is 4.79 Å². The molecule has 0 saturated heterocycles. The minimum atomic E-state index is 0.0268. The number of hydrogen-bond donors (Lipinski definition) is 1. The van der Waals surface area contributed by atoms with E-state index in [-0.39, 0.29) is 5.91 Å². The molecule has 1 N–H and O–H groups in total. The Labute approximate surface area is 206 Å². The molecular weight excluding hydrogens is 420 g/mol. The van der Waals surface area contributed by atoms with Crippen molar-refractivity contribution in [3.63, 3.8) is 0 Å². The van der Waals surface area contributed by atoms with Crippen molar-refractivity contribution in [1.82, 2.24) is 14.7 Å². The van der Waals surface area contributed by atoms with E-state index in [9.17, 15) is 4.79 Å². The fraction of sp³-hybridized carbons (Fsp3) is 0.517. The van der Waals surface area contributed by atoms with Gasteiger partial charge in [0.05, 0.1) is 5.70 Å². The summed E-state index contributed by atoms with van der Waals surface area (Å²) >= 11 is 0. The highest BCUT2D eigenvalue weighted by Crippen LogP contribution is 2.26. The van der Waals surface area contributed by atoms with Gasteiger partial charge in [-0.1, -0.05) is 66.2 Å². The molecule has 1 aromatic heterocycles. The average Bonchev–Trinajstić information content (AvgIpc) is 3.27. The highest BCUT2D eigenvalue weighted by atomic mass is 16.2. The van der Waals surface area contributed by atoms with Crippen LogP contribution in [0.3, 0.4) is 0 Å². The number of allylic oxidation sites excluding steroid dienone is 2.